The van der Waals surface area contributed by atoms with Crippen molar-refractivity contribution in [3.05, 3.63) is 261 Å². The van der Waals surface area contributed by atoms with Gasteiger partial charge in [0.1, 0.15) is 22.3 Å². The summed E-state index contributed by atoms with van der Waals surface area (Å²) >= 11 is 0. The topological polar surface area (TPSA) is 29.5 Å². The minimum absolute atomic E-state index is 0.878. The van der Waals surface area contributed by atoms with Crippen LogP contribution in [-0.4, -0.2) is 0 Å². The molecule has 0 saturated heterocycles. The van der Waals surface area contributed by atoms with Crippen molar-refractivity contribution in [2.45, 2.75) is 0 Å². The van der Waals surface area contributed by atoms with E-state index >= 15 is 0 Å². The Morgan fingerprint density at radius 1 is 0.239 bits per heavy atom. The summed E-state index contributed by atoms with van der Waals surface area (Å²) in [6, 6.07) is 93.6. The summed E-state index contributed by atoms with van der Waals surface area (Å²) in [5.41, 5.74) is 18.4. The summed E-state index contributed by atoms with van der Waals surface area (Å²) in [7, 11) is 0. The van der Waals surface area contributed by atoms with Crippen LogP contribution < -0.4 is 4.90 Å². The van der Waals surface area contributed by atoms with Gasteiger partial charge in [0.25, 0.3) is 0 Å². The first-order valence-corrected chi connectivity index (χ1v) is 24.2. The first kappa shape index (κ1) is 40.6. The number of fused-ring (bicyclic) bond motifs is 10. The van der Waals surface area contributed by atoms with Crippen LogP contribution in [0.5, 0.6) is 0 Å². The fraction of sp³-hybridized carbons (Fsp3) is 0. The van der Waals surface area contributed by atoms with Crippen LogP contribution in [0.15, 0.2) is 270 Å². The highest BCUT2D eigenvalue weighted by Gasteiger charge is 2.20. The lowest BCUT2D eigenvalue weighted by atomic mass is 9.91. The molecule has 71 heavy (non-hydrogen) atoms. The molecule has 0 spiro atoms. The van der Waals surface area contributed by atoms with Gasteiger partial charge in [0.05, 0.1) is 0 Å². The van der Waals surface area contributed by atoms with Crippen LogP contribution in [0, 0.1) is 0 Å². The number of rotatable bonds is 8. The maximum atomic E-state index is 6.65. The van der Waals surface area contributed by atoms with E-state index in [0.29, 0.717) is 0 Å². The number of benzene rings is 12. The van der Waals surface area contributed by atoms with Crippen LogP contribution in [0.2, 0.25) is 0 Å². The molecular formula is C68H43NO2. The number of anilines is 3. The molecule has 0 fully saturated rings. The monoisotopic (exact) mass is 905 g/mol. The molecule has 3 nitrogen and oxygen atoms in total. The molecule has 3 heteroatoms. The SMILES string of the molecule is c1ccc(-c2ccc(-c3ccc(N(c4ccc(-c5cccc6oc7c8ccccc8ccc7c56)cc4)c4cccc(-c5cccc6oc7c8ccccc8ccc7c56)c4)cc3)cc2-c2ccccc2)cc1. The molecule has 2 heterocycles. The second kappa shape index (κ2) is 16.7. The summed E-state index contributed by atoms with van der Waals surface area (Å²) in [6.07, 6.45) is 0. The lowest BCUT2D eigenvalue weighted by Gasteiger charge is -2.26. The van der Waals surface area contributed by atoms with Crippen LogP contribution in [0.3, 0.4) is 0 Å². The Kier molecular flexibility index (Phi) is 9.53. The smallest absolute Gasteiger partial charge is 0.143 e. The Morgan fingerprint density at radius 2 is 0.704 bits per heavy atom. The lowest BCUT2D eigenvalue weighted by molar-refractivity contribution is 0.672. The second-order valence-corrected chi connectivity index (χ2v) is 18.4. The Morgan fingerprint density at radius 3 is 1.30 bits per heavy atom. The number of hydrogen-bond donors (Lipinski definition) is 0. The molecule has 0 aliphatic rings. The van der Waals surface area contributed by atoms with E-state index in [1.807, 2.05) is 0 Å². The van der Waals surface area contributed by atoms with Gasteiger partial charge in [0.15, 0.2) is 0 Å². The van der Waals surface area contributed by atoms with E-state index in [0.717, 1.165) is 105 Å². The van der Waals surface area contributed by atoms with E-state index in [-0.39, 0.29) is 0 Å². The highest BCUT2D eigenvalue weighted by molar-refractivity contribution is 6.20. The van der Waals surface area contributed by atoms with Crippen molar-refractivity contribution in [2.75, 3.05) is 4.90 Å². The Hall–Kier alpha value is -9.44. The van der Waals surface area contributed by atoms with Gasteiger partial charge in [-0.25, -0.2) is 0 Å². The van der Waals surface area contributed by atoms with Crippen molar-refractivity contribution in [3.8, 4) is 55.6 Å². The van der Waals surface area contributed by atoms with Gasteiger partial charge in [0, 0.05) is 49.4 Å². The molecule has 14 aromatic rings. The summed E-state index contributed by atoms with van der Waals surface area (Å²) in [4.78, 5) is 2.37. The summed E-state index contributed by atoms with van der Waals surface area (Å²) in [6.45, 7) is 0. The third kappa shape index (κ3) is 6.89. The van der Waals surface area contributed by atoms with Gasteiger partial charge in [-0.2, -0.15) is 0 Å². The van der Waals surface area contributed by atoms with Crippen LogP contribution in [0.1, 0.15) is 0 Å². The molecule has 0 radical (unpaired) electrons. The van der Waals surface area contributed by atoms with E-state index in [2.05, 4.69) is 266 Å². The van der Waals surface area contributed by atoms with Gasteiger partial charge >= 0.3 is 0 Å². The molecular weight excluding hydrogens is 863 g/mol. The van der Waals surface area contributed by atoms with Crippen molar-refractivity contribution >= 4 is 82.5 Å². The molecule has 0 amide bonds. The van der Waals surface area contributed by atoms with Crippen LogP contribution >= 0.6 is 0 Å². The van der Waals surface area contributed by atoms with Gasteiger partial charge in [-0.15, -0.1) is 0 Å². The maximum absolute atomic E-state index is 6.65. The minimum atomic E-state index is 0.878. The van der Waals surface area contributed by atoms with Gasteiger partial charge in [-0.1, -0.05) is 194 Å². The molecule has 0 atom stereocenters. The predicted molar refractivity (Wildman–Crippen MR) is 298 cm³/mol. The molecule has 0 bridgehead atoms. The highest BCUT2D eigenvalue weighted by atomic mass is 16.3. The van der Waals surface area contributed by atoms with Gasteiger partial charge in [-0.3, -0.25) is 0 Å². The van der Waals surface area contributed by atoms with E-state index in [9.17, 15) is 0 Å². The quantitative estimate of drug-likeness (QED) is 0.152. The van der Waals surface area contributed by atoms with Crippen molar-refractivity contribution in [1.82, 2.24) is 0 Å². The Labute approximate surface area is 410 Å². The predicted octanol–water partition coefficient (Wildman–Crippen LogP) is 19.6. The normalized spacial score (nSPS) is 11.7. The fourth-order valence-electron chi connectivity index (χ4n) is 10.9. The molecule has 332 valence electrons. The molecule has 0 aliphatic carbocycles. The number of hydrogen-bond acceptors (Lipinski definition) is 3. The van der Waals surface area contributed by atoms with Crippen molar-refractivity contribution in [2.24, 2.45) is 0 Å². The van der Waals surface area contributed by atoms with E-state index in [4.69, 9.17) is 8.83 Å². The average Bonchev–Trinajstić information content (AvgIpc) is 4.04. The van der Waals surface area contributed by atoms with Crippen molar-refractivity contribution in [3.63, 3.8) is 0 Å². The number of furan rings is 2. The minimum Gasteiger partial charge on any atom is -0.455 e. The average molecular weight is 906 g/mol. The third-order valence-corrected chi connectivity index (χ3v) is 14.3. The number of nitrogens with zero attached hydrogens (tertiary/aromatic N) is 1. The molecule has 12 aromatic carbocycles. The maximum Gasteiger partial charge on any atom is 0.143 e. The van der Waals surface area contributed by atoms with Crippen molar-refractivity contribution < 1.29 is 8.83 Å². The lowest BCUT2D eigenvalue weighted by Crippen LogP contribution is -2.10. The van der Waals surface area contributed by atoms with E-state index < -0.39 is 0 Å². The third-order valence-electron chi connectivity index (χ3n) is 14.3. The van der Waals surface area contributed by atoms with Gasteiger partial charge < -0.3 is 13.7 Å². The molecule has 14 rings (SSSR count). The Bertz CT molecular complexity index is 4320. The molecule has 0 saturated carbocycles. The summed E-state index contributed by atoms with van der Waals surface area (Å²) < 4.78 is 13.2. The summed E-state index contributed by atoms with van der Waals surface area (Å²) in [5.74, 6) is 0. The van der Waals surface area contributed by atoms with Gasteiger partial charge in [0.2, 0.25) is 0 Å². The van der Waals surface area contributed by atoms with E-state index in [1.165, 1.54) is 33.0 Å². The zero-order valence-corrected chi connectivity index (χ0v) is 38.6. The zero-order valence-electron chi connectivity index (χ0n) is 38.6. The van der Waals surface area contributed by atoms with Crippen LogP contribution in [0.4, 0.5) is 17.1 Å². The summed E-state index contributed by atoms with van der Waals surface area (Å²) in [5, 5.41) is 9.06. The first-order valence-electron chi connectivity index (χ1n) is 24.2. The second-order valence-electron chi connectivity index (χ2n) is 18.4. The molecule has 0 unspecified atom stereocenters. The van der Waals surface area contributed by atoms with Crippen LogP contribution in [-0.2, 0) is 0 Å². The first-order chi connectivity index (χ1) is 35.2. The van der Waals surface area contributed by atoms with Crippen LogP contribution in [0.25, 0.3) is 121 Å². The molecule has 2 aromatic heterocycles. The molecule has 0 aliphatic heterocycles. The largest absolute Gasteiger partial charge is 0.455 e. The molecule has 0 N–H and O–H groups in total. The Balaban J connectivity index is 0.896. The zero-order chi connectivity index (χ0) is 46.8. The highest BCUT2D eigenvalue weighted by Crippen LogP contribution is 2.45. The van der Waals surface area contributed by atoms with E-state index in [1.54, 1.807) is 0 Å². The van der Waals surface area contributed by atoms with Gasteiger partial charge in [-0.05, 0) is 133 Å². The van der Waals surface area contributed by atoms with Crippen molar-refractivity contribution in [1.29, 1.82) is 0 Å². The fourth-order valence-corrected chi connectivity index (χ4v) is 10.9. The standard InChI is InChI=1S/C68H43NO2/c1-3-14-45(15-4-1)55-39-34-50(43-62(55)46-16-5-2-6-17-46)44-28-35-52(36-29-44)69(53-37-30-49(31-38-53)56-24-12-26-63-65(56)60-40-32-47-18-7-9-22-58(47)67(60)70-63)54-21-11-20-51(42-54)57-25-13-27-64-66(57)61-41-33-48-19-8-10-23-59(48)68(61)71-64/h1-43H.